The van der Waals surface area contributed by atoms with Crippen LogP contribution in [0.3, 0.4) is 0 Å². The molecule has 9 heteroatoms. The first-order chi connectivity index (χ1) is 14.0. The quantitative estimate of drug-likeness (QED) is 0.543. The number of anilines is 2. The summed E-state index contributed by atoms with van der Waals surface area (Å²) < 4.78 is 7.90. The molecule has 1 aliphatic carbocycles. The molecule has 3 aromatic rings. The molecule has 0 radical (unpaired) electrons. The molecule has 0 unspecified atom stereocenters. The molecule has 1 aliphatic heterocycles. The Bertz CT molecular complexity index is 1140. The van der Waals surface area contributed by atoms with Crippen LogP contribution < -0.4 is 11.1 Å². The molecule has 3 aromatic heterocycles. The second kappa shape index (κ2) is 6.91. The van der Waals surface area contributed by atoms with Gasteiger partial charge in [0.25, 0.3) is 0 Å². The van der Waals surface area contributed by atoms with E-state index in [9.17, 15) is 9.90 Å². The molecule has 0 atom stereocenters. The first-order valence-corrected chi connectivity index (χ1v) is 10.4. The van der Waals surface area contributed by atoms with Crippen molar-refractivity contribution in [1.82, 2.24) is 14.6 Å². The van der Waals surface area contributed by atoms with E-state index in [1.54, 1.807) is 17.0 Å². The molecule has 0 amide bonds. The van der Waals surface area contributed by atoms with Gasteiger partial charge in [-0.05, 0) is 53.3 Å². The third-order valence-corrected chi connectivity index (χ3v) is 6.74. The number of aliphatic carboxylic acids is 1. The number of rotatable bonds is 3. The van der Waals surface area contributed by atoms with Crippen LogP contribution in [-0.2, 0) is 4.79 Å². The van der Waals surface area contributed by atoms with Gasteiger partial charge in [0.2, 0.25) is 0 Å². The Morgan fingerprint density at radius 1 is 1.34 bits per heavy atom. The van der Waals surface area contributed by atoms with Crippen LogP contribution >= 0.6 is 15.9 Å². The van der Waals surface area contributed by atoms with Gasteiger partial charge in [0, 0.05) is 24.1 Å². The topological polar surface area (TPSA) is 119 Å². The lowest BCUT2D eigenvalue weighted by Gasteiger charge is -2.26. The van der Waals surface area contributed by atoms with Crippen LogP contribution in [0.5, 0.6) is 0 Å². The summed E-state index contributed by atoms with van der Waals surface area (Å²) in [4.78, 5) is 16.2. The second-order valence-electron chi connectivity index (χ2n) is 7.60. The first-order valence-electron chi connectivity index (χ1n) is 9.60. The van der Waals surface area contributed by atoms with Crippen molar-refractivity contribution in [3.05, 3.63) is 40.0 Å². The van der Waals surface area contributed by atoms with Gasteiger partial charge in [0.05, 0.1) is 34.2 Å². The summed E-state index contributed by atoms with van der Waals surface area (Å²) in [5.74, 6) is 0.475. The number of carbonyl (C=O) groups is 1. The SMILES string of the molecule is Nc1c(Br)c(C2CCC(C(=O)O)CC2)nc2c(C3=Cc4occc4NC3)cnn12. The number of hydrogen-bond donors (Lipinski definition) is 3. The van der Waals surface area contributed by atoms with Gasteiger partial charge in [0.15, 0.2) is 5.65 Å². The molecule has 4 heterocycles. The van der Waals surface area contributed by atoms with Crippen molar-refractivity contribution in [2.24, 2.45) is 5.92 Å². The average molecular weight is 458 g/mol. The lowest BCUT2D eigenvalue weighted by atomic mass is 9.80. The monoisotopic (exact) mass is 457 g/mol. The maximum Gasteiger partial charge on any atom is 0.306 e. The predicted molar refractivity (Wildman–Crippen MR) is 113 cm³/mol. The van der Waals surface area contributed by atoms with Crippen molar-refractivity contribution >= 4 is 50.7 Å². The number of nitrogen functional groups attached to an aromatic ring is 1. The largest absolute Gasteiger partial charge is 0.481 e. The maximum absolute atomic E-state index is 11.3. The van der Waals surface area contributed by atoms with E-state index in [0.29, 0.717) is 30.9 Å². The Kier molecular flexibility index (Phi) is 4.34. The third kappa shape index (κ3) is 3.00. The van der Waals surface area contributed by atoms with E-state index in [0.717, 1.165) is 45.6 Å². The van der Waals surface area contributed by atoms with E-state index in [1.165, 1.54) is 0 Å². The third-order valence-electron chi connectivity index (χ3n) is 5.93. The zero-order chi connectivity index (χ0) is 20.1. The molecule has 0 saturated heterocycles. The Balaban J connectivity index is 1.55. The van der Waals surface area contributed by atoms with Crippen molar-refractivity contribution in [2.45, 2.75) is 31.6 Å². The Hall–Kier alpha value is -2.81. The zero-order valence-electron chi connectivity index (χ0n) is 15.6. The van der Waals surface area contributed by atoms with Gasteiger partial charge in [-0.1, -0.05) is 0 Å². The summed E-state index contributed by atoms with van der Waals surface area (Å²) in [6.45, 7) is 0.643. The van der Waals surface area contributed by atoms with Crippen LogP contribution in [0, 0.1) is 5.92 Å². The molecule has 1 fully saturated rings. The van der Waals surface area contributed by atoms with Gasteiger partial charge in [0.1, 0.15) is 11.6 Å². The van der Waals surface area contributed by atoms with E-state index in [2.05, 4.69) is 26.3 Å². The van der Waals surface area contributed by atoms with Crippen LogP contribution in [0.15, 0.2) is 27.4 Å². The molecule has 0 spiro atoms. The number of fused-ring (bicyclic) bond motifs is 2. The minimum Gasteiger partial charge on any atom is -0.481 e. The number of nitrogens with two attached hydrogens (primary N) is 1. The van der Waals surface area contributed by atoms with Crippen molar-refractivity contribution in [3.63, 3.8) is 0 Å². The Morgan fingerprint density at radius 3 is 2.90 bits per heavy atom. The van der Waals surface area contributed by atoms with Crippen LogP contribution in [0.1, 0.15) is 48.6 Å². The fourth-order valence-corrected chi connectivity index (χ4v) is 4.86. The summed E-state index contributed by atoms with van der Waals surface area (Å²) >= 11 is 3.60. The minimum absolute atomic E-state index is 0.171. The predicted octanol–water partition coefficient (Wildman–Crippen LogP) is 3.99. The molecule has 5 rings (SSSR count). The number of hydrogen-bond acceptors (Lipinski definition) is 6. The normalized spacial score (nSPS) is 21.5. The lowest BCUT2D eigenvalue weighted by Crippen LogP contribution is -2.21. The van der Waals surface area contributed by atoms with Gasteiger partial charge < -0.3 is 20.6 Å². The molecule has 2 aliphatic rings. The van der Waals surface area contributed by atoms with Crippen LogP contribution in [0.2, 0.25) is 0 Å². The Morgan fingerprint density at radius 2 is 2.14 bits per heavy atom. The van der Waals surface area contributed by atoms with Gasteiger partial charge in [-0.3, -0.25) is 4.79 Å². The highest BCUT2D eigenvalue weighted by molar-refractivity contribution is 9.10. The number of halogens is 1. The number of nitrogens with one attached hydrogen (secondary N) is 1. The van der Waals surface area contributed by atoms with Crippen LogP contribution in [0.4, 0.5) is 11.5 Å². The molecular weight excluding hydrogens is 438 g/mol. The fourth-order valence-electron chi connectivity index (χ4n) is 4.28. The summed E-state index contributed by atoms with van der Waals surface area (Å²) in [6.07, 6.45) is 8.30. The standard InChI is InChI=1S/C20H20BrN5O3/c21-16-17(10-1-3-11(4-2-10)20(27)28)25-19-13(9-24-26(19)18(16)22)12-7-15-14(23-8-12)5-6-29-15/h5-7,9-11,23H,1-4,8,22H2,(H,27,28). The molecule has 29 heavy (non-hydrogen) atoms. The van der Waals surface area contributed by atoms with Crippen molar-refractivity contribution in [2.75, 3.05) is 17.6 Å². The molecule has 0 aromatic carbocycles. The molecule has 4 N–H and O–H groups in total. The van der Waals surface area contributed by atoms with E-state index in [1.807, 2.05) is 12.1 Å². The van der Waals surface area contributed by atoms with Crippen molar-refractivity contribution in [1.29, 1.82) is 0 Å². The fraction of sp³-hybridized carbons (Fsp3) is 0.350. The first kappa shape index (κ1) is 18.2. The molecule has 1 saturated carbocycles. The highest BCUT2D eigenvalue weighted by atomic mass is 79.9. The lowest BCUT2D eigenvalue weighted by molar-refractivity contribution is -0.142. The second-order valence-corrected chi connectivity index (χ2v) is 8.39. The maximum atomic E-state index is 11.3. The van der Waals surface area contributed by atoms with E-state index < -0.39 is 5.97 Å². The summed E-state index contributed by atoms with van der Waals surface area (Å²) in [5, 5.41) is 17.0. The summed E-state index contributed by atoms with van der Waals surface area (Å²) in [6, 6.07) is 1.90. The van der Waals surface area contributed by atoms with Gasteiger partial charge in [-0.25, -0.2) is 4.98 Å². The molecule has 8 nitrogen and oxygen atoms in total. The van der Waals surface area contributed by atoms with Crippen molar-refractivity contribution < 1.29 is 14.3 Å². The van der Waals surface area contributed by atoms with Gasteiger partial charge in [-0.15, -0.1) is 0 Å². The van der Waals surface area contributed by atoms with Crippen LogP contribution in [-0.4, -0.2) is 32.2 Å². The minimum atomic E-state index is -0.711. The highest BCUT2D eigenvalue weighted by Crippen LogP contribution is 2.40. The molecule has 0 bridgehead atoms. The zero-order valence-corrected chi connectivity index (χ0v) is 17.1. The number of carboxylic acids is 1. The van der Waals surface area contributed by atoms with Gasteiger partial charge >= 0.3 is 5.97 Å². The van der Waals surface area contributed by atoms with Gasteiger partial charge in [-0.2, -0.15) is 9.61 Å². The van der Waals surface area contributed by atoms with E-state index in [-0.39, 0.29) is 11.8 Å². The van der Waals surface area contributed by atoms with Crippen molar-refractivity contribution in [3.8, 4) is 0 Å². The van der Waals surface area contributed by atoms with E-state index >= 15 is 0 Å². The smallest absolute Gasteiger partial charge is 0.306 e. The molecule has 150 valence electrons. The number of carboxylic acid groups (broad SMARTS) is 1. The number of nitrogens with zero attached hydrogens (tertiary/aromatic N) is 3. The molecular formula is C20H20BrN5O3. The Labute approximate surface area is 174 Å². The number of aromatic nitrogens is 3. The highest BCUT2D eigenvalue weighted by Gasteiger charge is 2.30. The summed E-state index contributed by atoms with van der Waals surface area (Å²) in [7, 11) is 0. The summed E-state index contributed by atoms with van der Waals surface area (Å²) in [5.41, 5.74) is 10.8. The van der Waals surface area contributed by atoms with E-state index in [4.69, 9.17) is 15.1 Å². The average Bonchev–Trinajstić information content (AvgIpc) is 3.37. The van der Waals surface area contributed by atoms with Crippen LogP contribution in [0.25, 0.3) is 17.3 Å². The number of furan rings is 1.